The van der Waals surface area contributed by atoms with Crippen molar-refractivity contribution in [2.45, 2.75) is 25.3 Å². The van der Waals surface area contributed by atoms with E-state index in [0.29, 0.717) is 29.1 Å². The Kier molecular flexibility index (Phi) is 6.93. The zero-order valence-corrected chi connectivity index (χ0v) is 23.0. The Morgan fingerprint density at radius 3 is 2.18 bits per heavy atom. The molecular weight excluding hydrogens is 514 g/mol. The molecule has 1 heterocycles. The molecule has 0 amide bonds. The Balaban J connectivity index is 1.51. The lowest BCUT2D eigenvalue weighted by molar-refractivity contribution is 0.304. The van der Waals surface area contributed by atoms with E-state index in [1.165, 1.54) is 9.13 Å². The second kappa shape index (κ2) is 10.3. The number of hydrogen-bond acceptors (Lipinski definition) is 5. The highest BCUT2D eigenvalue weighted by Crippen LogP contribution is 2.36. The summed E-state index contributed by atoms with van der Waals surface area (Å²) in [5.74, 6) is 1.30. The molecule has 39 heavy (non-hydrogen) atoms. The van der Waals surface area contributed by atoms with Crippen LogP contribution in [0.25, 0.3) is 11.0 Å². The normalized spacial score (nSPS) is 11.5. The third-order valence-electron chi connectivity index (χ3n) is 6.69. The quantitative estimate of drug-likeness (QED) is 0.272. The fourth-order valence-electron chi connectivity index (χ4n) is 4.27. The van der Waals surface area contributed by atoms with Gasteiger partial charge in [-0.2, -0.15) is 0 Å². The minimum atomic E-state index is -3.95. The lowest BCUT2D eigenvalue weighted by Crippen LogP contribution is -2.19. The van der Waals surface area contributed by atoms with E-state index in [9.17, 15) is 13.2 Å². The molecular formula is C30H29N3O5S. The van der Waals surface area contributed by atoms with Gasteiger partial charge in [-0.05, 0) is 60.9 Å². The van der Waals surface area contributed by atoms with Gasteiger partial charge in [0, 0.05) is 26.2 Å². The number of imidazole rings is 1. The summed E-state index contributed by atoms with van der Waals surface area (Å²) in [6.45, 7) is 4.18. The highest BCUT2D eigenvalue weighted by Gasteiger charge is 2.21. The van der Waals surface area contributed by atoms with Gasteiger partial charge in [0.25, 0.3) is 10.0 Å². The number of aromatic nitrogens is 2. The average molecular weight is 544 g/mol. The van der Waals surface area contributed by atoms with Crippen LogP contribution in [0.1, 0.15) is 16.7 Å². The van der Waals surface area contributed by atoms with Crippen molar-refractivity contribution in [2.75, 3.05) is 4.72 Å². The zero-order chi connectivity index (χ0) is 27.7. The number of nitrogens with one attached hydrogen (secondary N) is 1. The first-order valence-electron chi connectivity index (χ1n) is 12.4. The third-order valence-corrected chi connectivity index (χ3v) is 8.05. The number of ether oxygens (including phenoxy) is 2. The Morgan fingerprint density at radius 2 is 1.46 bits per heavy atom. The molecule has 9 heteroatoms. The van der Waals surface area contributed by atoms with E-state index >= 15 is 0 Å². The summed E-state index contributed by atoms with van der Waals surface area (Å²) >= 11 is 0. The number of benzene rings is 4. The highest BCUT2D eigenvalue weighted by molar-refractivity contribution is 7.92. The molecule has 5 rings (SSSR count). The number of anilines is 1. The van der Waals surface area contributed by atoms with Crippen molar-refractivity contribution in [1.29, 1.82) is 0 Å². The molecule has 4 aromatic carbocycles. The monoisotopic (exact) mass is 543 g/mol. The highest BCUT2D eigenvalue weighted by atomic mass is 32.2. The SMILES string of the molecule is Cc1ccc(S(=O)(=O)Nc2cc3c(cc2Oc2cccc(OCc4ccccc4)c2)n(C)c(=O)n3C)cc1C. The summed E-state index contributed by atoms with van der Waals surface area (Å²) in [5.41, 5.74) is 4.02. The summed E-state index contributed by atoms with van der Waals surface area (Å²) in [6, 6.07) is 25.2. The molecule has 0 aliphatic heterocycles. The van der Waals surface area contributed by atoms with E-state index in [2.05, 4.69) is 4.72 Å². The minimum Gasteiger partial charge on any atom is -0.489 e. The Bertz CT molecular complexity index is 1840. The molecule has 1 N–H and O–H groups in total. The summed E-state index contributed by atoms with van der Waals surface area (Å²) in [6.07, 6.45) is 0. The molecule has 8 nitrogen and oxygen atoms in total. The van der Waals surface area contributed by atoms with Crippen LogP contribution in [0.3, 0.4) is 0 Å². The maximum Gasteiger partial charge on any atom is 0.328 e. The van der Waals surface area contributed by atoms with Crippen LogP contribution >= 0.6 is 0 Å². The van der Waals surface area contributed by atoms with E-state index in [0.717, 1.165) is 16.7 Å². The van der Waals surface area contributed by atoms with Crippen LogP contribution in [-0.4, -0.2) is 17.6 Å². The van der Waals surface area contributed by atoms with Gasteiger partial charge in [0.2, 0.25) is 0 Å². The molecule has 0 atom stereocenters. The van der Waals surface area contributed by atoms with E-state index in [1.54, 1.807) is 62.6 Å². The van der Waals surface area contributed by atoms with Gasteiger partial charge < -0.3 is 9.47 Å². The molecule has 0 fully saturated rings. The van der Waals surface area contributed by atoms with E-state index in [4.69, 9.17) is 9.47 Å². The van der Waals surface area contributed by atoms with Gasteiger partial charge in [-0.1, -0.05) is 42.5 Å². The van der Waals surface area contributed by atoms with Crippen LogP contribution in [0.2, 0.25) is 0 Å². The number of fused-ring (bicyclic) bond motifs is 1. The fourth-order valence-corrected chi connectivity index (χ4v) is 5.42. The lowest BCUT2D eigenvalue weighted by Gasteiger charge is -2.16. The van der Waals surface area contributed by atoms with Gasteiger partial charge >= 0.3 is 5.69 Å². The number of aryl methyl sites for hydroxylation is 4. The first kappa shape index (κ1) is 26.1. The zero-order valence-electron chi connectivity index (χ0n) is 22.1. The van der Waals surface area contributed by atoms with Gasteiger partial charge in [-0.15, -0.1) is 0 Å². The predicted octanol–water partition coefficient (Wildman–Crippen LogP) is 5.67. The predicted molar refractivity (Wildman–Crippen MR) is 152 cm³/mol. The standard InChI is InChI=1S/C30H29N3O5S/c1-20-13-14-25(15-21(20)2)39(35,36)31-26-17-27-28(33(4)30(34)32(27)3)18-29(26)38-24-12-8-11-23(16-24)37-19-22-9-6-5-7-10-22/h5-18,31H,19H2,1-4H3. The van der Waals surface area contributed by atoms with Crippen molar-refractivity contribution in [3.63, 3.8) is 0 Å². The molecule has 0 aliphatic rings. The van der Waals surface area contributed by atoms with Crippen LogP contribution in [0.4, 0.5) is 5.69 Å². The fraction of sp³-hybridized carbons (Fsp3) is 0.167. The van der Waals surface area contributed by atoms with Crippen molar-refractivity contribution in [1.82, 2.24) is 9.13 Å². The van der Waals surface area contributed by atoms with E-state index in [1.807, 2.05) is 50.2 Å². The Hall–Kier alpha value is -4.50. The first-order valence-corrected chi connectivity index (χ1v) is 13.8. The van der Waals surface area contributed by atoms with Gasteiger partial charge in [-0.3, -0.25) is 13.9 Å². The number of hydrogen-bond donors (Lipinski definition) is 1. The third kappa shape index (κ3) is 5.39. The smallest absolute Gasteiger partial charge is 0.328 e. The molecule has 0 spiro atoms. The second-order valence-electron chi connectivity index (χ2n) is 9.44. The topological polar surface area (TPSA) is 91.6 Å². The Labute approximate surface area is 227 Å². The maximum absolute atomic E-state index is 13.4. The van der Waals surface area contributed by atoms with Gasteiger partial charge in [-0.25, -0.2) is 13.2 Å². The molecule has 0 bridgehead atoms. The molecule has 200 valence electrons. The van der Waals surface area contributed by atoms with E-state index < -0.39 is 10.0 Å². The van der Waals surface area contributed by atoms with Gasteiger partial charge in [0.05, 0.1) is 21.6 Å². The van der Waals surface area contributed by atoms with Crippen LogP contribution < -0.4 is 19.9 Å². The van der Waals surface area contributed by atoms with Crippen LogP contribution in [0.15, 0.2) is 94.6 Å². The van der Waals surface area contributed by atoms with Gasteiger partial charge in [0.1, 0.15) is 18.1 Å². The average Bonchev–Trinajstić information content (AvgIpc) is 3.13. The molecule has 5 aromatic rings. The molecule has 0 saturated carbocycles. The number of nitrogens with zero attached hydrogens (tertiary/aromatic N) is 2. The maximum atomic E-state index is 13.4. The van der Waals surface area contributed by atoms with Crippen molar-refractivity contribution in [2.24, 2.45) is 14.1 Å². The van der Waals surface area contributed by atoms with Crippen molar-refractivity contribution < 1.29 is 17.9 Å². The minimum absolute atomic E-state index is 0.134. The molecule has 0 radical (unpaired) electrons. The first-order chi connectivity index (χ1) is 18.6. The van der Waals surface area contributed by atoms with E-state index in [-0.39, 0.29) is 22.0 Å². The van der Waals surface area contributed by atoms with Crippen molar-refractivity contribution in [3.8, 4) is 17.2 Å². The Morgan fingerprint density at radius 1 is 0.769 bits per heavy atom. The molecule has 0 unspecified atom stereocenters. The summed E-state index contributed by atoms with van der Waals surface area (Å²) in [4.78, 5) is 12.7. The largest absolute Gasteiger partial charge is 0.489 e. The van der Waals surface area contributed by atoms with Crippen LogP contribution in [0.5, 0.6) is 17.2 Å². The van der Waals surface area contributed by atoms with Crippen LogP contribution in [-0.2, 0) is 30.7 Å². The summed E-state index contributed by atoms with van der Waals surface area (Å²) in [5, 5.41) is 0. The van der Waals surface area contributed by atoms with Gasteiger partial charge in [0.15, 0.2) is 5.75 Å². The summed E-state index contributed by atoms with van der Waals surface area (Å²) in [7, 11) is -0.651. The number of sulfonamides is 1. The summed E-state index contributed by atoms with van der Waals surface area (Å²) < 4.78 is 44.5. The van der Waals surface area contributed by atoms with Crippen molar-refractivity contribution >= 4 is 26.7 Å². The van der Waals surface area contributed by atoms with Crippen molar-refractivity contribution in [3.05, 3.63) is 112 Å². The molecule has 0 saturated heterocycles. The molecule has 0 aliphatic carbocycles. The van der Waals surface area contributed by atoms with Crippen LogP contribution in [0, 0.1) is 13.8 Å². The number of rotatable bonds is 8. The second-order valence-corrected chi connectivity index (χ2v) is 11.1. The lowest BCUT2D eigenvalue weighted by atomic mass is 10.1. The molecule has 1 aromatic heterocycles.